The van der Waals surface area contributed by atoms with Crippen molar-refractivity contribution in [2.24, 2.45) is 11.8 Å². The number of carbonyl (C=O) groups excluding carboxylic acids is 1. The Bertz CT molecular complexity index is 325. The molecule has 3 unspecified atom stereocenters. The van der Waals surface area contributed by atoms with Crippen LogP contribution in [0.2, 0.25) is 0 Å². The zero-order valence-corrected chi connectivity index (χ0v) is 14.2. The van der Waals surface area contributed by atoms with Gasteiger partial charge in [0.05, 0.1) is 6.04 Å². The van der Waals surface area contributed by atoms with Gasteiger partial charge in [-0.1, -0.05) is 44.9 Å². The number of rotatable bonds is 5. The smallest absolute Gasteiger partial charge is 0.239 e. The molecule has 122 valence electrons. The molecule has 3 nitrogen and oxygen atoms in total. The van der Waals surface area contributed by atoms with Crippen LogP contribution in [0.15, 0.2) is 0 Å². The second kappa shape index (κ2) is 8.17. The van der Waals surface area contributed by atoms with E-state index in [1.165, 1.54) is 57.8 Å². The molecule has 1 N–H and O–H groups in total. The first-order chi connectivity index (χ1) is 10.1. The fourth-order valence-corrected chi connectivity index (χ4v) is 4.37. The van der Waals surface area contributed by atoms with Crippen LogP contribution in [0.5, 0.6) is 0 Å². The Morgan fingerprint density at radius 2 is 1.71 bits per heavy atom. The van der Waals surface area contributed by atoms with Crippen molar-refractivity contribution in [2.75, 3.05) is 13.6 Å². The number of hydrogen-bond donors (Lipinski definition) is 1. The Hall–Kier alpha value is -0.570. The number of likely N-dealkylation sites (N-methyl/N-ethyl adjacent to an activating group) is 1. The molecule has 2 aliphatic rings. The molecule has 2 fully saturated rings. The third-order valence-electron chi connectivity index (χ3n) is 5.76. The summed E-state index contributed by atoms with van der Waals surface area (Å²) in [5, 5.41) is 3.69. The predicted molar refractivity (Wildman–Crippen MR) is 88.2 cm³/mol. The molecule has 0 aromatic heterocycles. The fourth-order valence-electron chi connectivity index (χ4n) is 4.37. The molecule has 2 saturated carbocycles. The highest BCUT2D eigenvalue weighted by Crippen LogP contribution is 2.38. The van der Waals surface area contributed by atoms with Crippen molar-refractivity contribution in [3.05, 3.63) is 0 Å². The van der Waals surface area contributed by atoms with Crippen molar-refractivity contribution < 1.29 is 4.79 Å². The standard InChI is InChI=1S/C18H34N2O/c1-4-20(3)18(21)14(2)19-17-13-9-8-12-16(17)15-10-6-5-7-11-15/h14-17,19H,4-13H2,1-3H3. The maximum atomic E-state index is 12.3. The van der Waals surface area contributed by atoms with Crippen molar-refractivity contribution in [1.29, 1.82) is 0 Å². The van der Waals surface area contributed by atoms with Crippen LogP contribution in [0, 0.1) is 11.8 Å². The topological polar surface area (TPSA) is 32.3 Å². The second-order valence-corrected chi connectivity index (χ2v) is 7.19. The van der Waals surface area contributed by atoms with Gasteiger partial charge in [-0.3, -0.25) is 4.79 Å². The summed E-state index contributed by atoms with van der Waals surface area (Å²) < 4.78 is 0. The zero-order chi connectivity index (χ0) is 15.2. The first-order valence-electron chi connectivity index (χ1n) is 9.14. The summed E-state index contributed by atoms with van der Waals surface area (Å²) in [5.74, 6) is 1.95. The van der Waals surface area contributed by atoms with Crippen molar-refractivity contribution in [2.45, 2.75) is 83.7 Å². The predicted octanol–water partition coefficient (Wildman–Crippen LogP) is 3.58. The minimum atomic E-state index is -0.0378. The van der Waals surface area contributed by atoms with Crippen molar-refractivity contribution in [1.82, 2.24) is 10.2 Å². The summed E-state index contributed by atoms with van der Waals surface area (Å²) in [5.41, 5.74) is 0. The Morgan fingerprint density at radius 3 is 2.38 bits per heavy atom. The molecule has 2 rings (SSSR count). The van der Waals surface area contributed by atoms with Crippen molar-refractivity contribution >= 4 is 5.91 Å². The van der Waals surface area contributed by atoms with Gasteiger partial charge in [0.25, 0.3) is 0 Å². The van der Waals surface area contributed by atoms with Crippen LogP contribution in [0.1, 0.15) is 71.6 Å². The van der Waals surface area contributed by atoms with E-state index in [4.69, 9.17) is 0 Å². The third kappa shape index (κ3) is 4.45. The van der Waals surface area contributed by atoms with E-state index in [0.717, 1.165) is 18.4 Å². The van der Waals surface area contributed by atoms with E-state index in [9.17, 15) is 4.79 Å². The van der Waals surface area contributed by atoms with Gasteiger partial charge in [0.2, 0.25) is 5.91 Å². The molecular formula is C18H34N2O. The fraction of sp³-hybridized carbons (Fsp3) is 0.944. The normalized spacial score (nSPS) is 29.1. The second-order valence-electron chi connectivity index (χ2n) is 7.19. The van der Waals surface area contributed by atoms with E-state index in [0.29, 0.717) is 6.04 Å². The van der Waals surface area contributed by atoms with E-state index >= 15 is 0 Å². The average molecular weight is 294 g/mol. The van der Waals surface area contributed by atoms with Crippen LogP contribution in [0.3, 0.4) is 0 Å². The van der Waals surface area contributed by atoms with Crippen LogP contribution >= 0.6 is 0 Å². The number of carbonyl (C=O) groups is 1. The molecule has 2 aliphatic carbocycles. The van der Waals surface area contributed by atoms with Gasteiger partial charge in [-0.2, -0.15) is 0 Å². The molecule has 0 bridgehead atoms. The molecule has 3 atom stereocenters. The molecule has 21 heavy (non-hydrogen) atoms. The number of amides is 1. The van der Waals surface area contributed by atoms with Crippen LogP contribution in [0.4, 0.5) is 0 Å². The molecular weight excluding hydrogens is 260 g/mol. The lowest BCUT2D eigenvalue weighted by Gasteiger charge is -2.40. The van der Waals surface area contributed by atoms with Gasteiger partial charge in [0.15, 0.2) is 0 Å². The summed E-state index contributed by atoms with van der Waals surface area (Å²) in [4.78, 5) is 14.1. The molecule has 0 spiro atoms. The Labute approximate surface area is 130 Å². The largest absolute Gasteiger partial charge is 0.345 e. The van der Waals surface area contributed by atoms with Gasteiger partial charge in [-0.05, 0) is 38.5 Å². The van der Waals surface area contributed by atoms with Crippen LogP contribution in [0.25, 0.3) is 0 Å². The SMILES string of the molecule is CCN(C)C(=O)C(C)NC1CCCCC1C1CCCCC1. The average Bonchev–Trinajstić information content (AvgIpc) is 2.54. The minimum Gasteiger partial charge on any atom is -0.345 e. The van der Waals surface area contributed by atoms with Gasteiger partial charge >= 0.3 is 0 Å². The maximum Gasteiger partial charge on any atom is 0.239 e. The Kier molecular flexibility index (Phi) is 6.53. The monoisotopic (exact) mass is 294 g/mol. The van der Waals surface area contributed by atoms with E-state index in [2.05, 4.69) is 5.32 Å². The van der Waals surface area contributed by atoms with Gasteiger partial charge < -0.3 is 10.2 Å². The molecule has 0 saturated heterocycles. The van der Waals surface area contributed by atoms with Gasteiger partial charge in [-0.15, -0.1) is 0 Å². The number of nitrogens with one attached hydrogen (secondary N) is 1. The highest BCUT2D eigenvalue weighted by atomic mass is 16.2. The quantitative estimate of drug-likeness (QED) is 0.840. The van der Waals surface area contributed by atoms with E-state index in [1.807, 2.05) is 25.8 Å². The number of hydrogen-bond acceptors (Lipinski definition) is 2. The third-order valence-corrected chi connectivity index (χ3v) is 5.76. The summed E-state index contributed by atoms with van der Waals surface area (Å²) in [6.07, 6.45) is 12.4. The lowest BCUT2D eigenvalue weighted by Crippen LogP contribution is -2.51. The maximum absolute atomic E-state index is 12.3. The highest BCUT2D eigenvalue weighted by Gasteiger charge is 2.34. The van der Waals surface area contributed by atoms with Crippen LogP contribution in [-0.4, -0.2) is 36.5 Å². The van der Waals surface area contributed by atoms with Gasteiger partial charge in [0, 0.05) is 19.6 Å². The highest BCUT2D eigenvalue weighted by molar-refractivity contribution is 5.81. The van der Waals surface area contributed by atoms with Crippen molar-refractivity contribution in [3.8, 4) is 0 Å². The van der Waals surface area contributed by atoms with E-state index in [1.54, 1.807) is 0 Å². The Morgan fingerprint density at radius 1 is 1.10 bits per heavy atom. The molecule has 0 aliphatic heterocycles. The van der Waals surface area contributed by atoms with Gasteiger partial charge in [-0.25, -0.2) is 0 Å². The lowest BCUT2D eigenvalue weighted by molar-refractivity contribution is -0.132. The summed E-state index contributed by atoms with van der Waals surface area (Å²) in [6.45, 7) is 4.87. The van der Waals surface area contributed by atoms with Gasteiger partial charge in [0.1, 0.15) is 0 Å². The minimum absolute atomic E-state index is 0.0378. The lowest BCUT2D eigenvalue weighted by atomic mass is 9.71. The Balaban J connectivity index is 1.93. The van der Waals surface area contributed by atoms with Crippen LogP contribution < -0.4 is 5.32 Å². The van der Waals surface area contributed by atoms with Crippen LogP contribution in [-0.2, 0) is 4.79 Å². The van der Waals surface area contributed by atoms with Crippen molar-refractivity contribution in [3.63, 3.8) is 0 Å². The van der Waals surface area contributed by atoms with E-state index in [-0.39, 0.29) is 11.9 Å². The zero-order valence-electron chi connectivity index (χ0n) is 14.2. The molecule has 0 aromatic carbocycles. The molecule has 1 amide bonds. The summed E-state index contributed by atoms with van der Waals surface area (Å²) in [6, 6.07) is 0.523. The van der Waals surface area contributed by atoms with E-state index < -0.39 is 0 Å². The summed E-state index contributed by atoms with van der Waals surface area (Å²) in [7, 11) is 1.90. The molecule has 0 heterocycles. The summed E-state index contributed by atoms with van der Waals surface area (Å²) >= 11 is 0. The molecule has 0 radical (unpaired) electrons. The molecule has 3 heteroatoms. The molecule has 0 aromatic rings. The number of nitrogens with zero attached hydrogens (tertiary/aromatic N) is 1. The first kappa shape index (κ1) is 16.8. The first-order valence-corrected chi connectivity index (χ1v) is 9.14.